The highest BCUT2D eigenvalue weighted by Gasteiger charge is 2.52. The van der Waals surface area contributed by atoms with E-state index in [1.165, 1.54) is 14.2 Å². The van der Waals surface area contributed by atoms with Gasteiger partial charge >= 0.3 is 12.1 Å². The van der Waals surface area contributed by atoms with Crippen LogP contribution < -0.4 is 5.32 Å². The quantitative estimate of drug-likeness (QED) is 0.741. The van der Waals surface area contributed by atoms with Gasteiger partial charge in [-0.1, -0.05) is 13.8 Å². The molecular formula is C15H24N2O5S2. The second-order valence-corrected chi connectivity index (χ2v) is 9.39. The second-order valence-electron chi connectivity index (χ2n) is 6.17. The Bertz CT molecular complexity index is 508. The van der Waals surface area contributed by atoms with E-state index in [-0.39, 0.29) is 15.9 Å². The summed E-state index contributed by atoms with van der Waals surface area (Å²) in [6.45, 7) is 4.17. The highest BCUT2D eigenvalue weighted by atomic mass is 32.2. The van der Waals surface area contributed by atoms with E-state index in [0.717, 1.165) is 11.5 Å². The summed E-state index contributed by atoms with van der Waals surface area (Å²) in [4.78, 5) is 38.4. The Kier molecular flexibility index (Phi) is 6.30. The van der Waals surface area contributed by atoms with Gasteiger partial charge in [0.25, 0.3) is 0 Å². The fourth-order valence-electron chi connectivity index (χ4n) is 3.00. The zero-order valence-electron chi connectivity index (χ0n) is 14.4. The van der Waals surface area contributed by atoms with Crippen LogP contribution in [-0.4, -0.2) is 71.3 Å². The lowest BCUT2D eigenvalue weighted by molar-refractivity contribution is -0.151. The molecule has 2 rings (SSSR count). The Hall–Kier alpha value is -1.09. The average molecular weight is 377 g/mol. The number of nitrogens with zero attached hydrogens (tertiary/aromatic N) is 1. The fourth-order valence-corrected chi connectivity index (χ4v) is 6.26. The molecule has 2 atom stereocenters. The van der Waals surface area contributed by atoms with Crippen LogP contribution in [0.5, 0.6) is 0 Å². The van der Waals surface area contributed by atoms with Crippen molar-refractivity contribution >= 4 is 41.5 Å². The molecule has 0 aromatic carbocycles. The van der Waals surface area contributed by atoms with Crippen LogP contribution in [0, 0.1) is 5.92 Å². The minimum Gasteiger partial charge on any atom is -0.467 e. The third kappa shape index (κ3) is 3.93. The monoisotopic (exact) mass is 376 g/mol. The van der Waals surface area contributed by atoms with Crippen molar-refractivity contribution in [2.24, 2.45) is 5.92 Å². The summed E-state index contributed by atoms with van der Waals surface area (Å²) in [5.74, 6) is 1.21. The van der Waals surface area contributed by atoms with Crippen LogP contribution in [-0.2, 0) is 19.1 Å². The molecule has 7 nitrogen and oxygen atoms in total. The van der Waals surface area contributed by atoms with Crippen LogP contribution in [0.25, 0.3) is 0 Å². The van der Waals surface area contributed by atoms with E-state index < -0.39 is 24.1 Å². The van der Waals surface area contributed by atoms with Gasteiger partial charge in [-0.15, -0.1) is 23.5 Å². The maximum Gasteiger partial charge on any atom is 0.407 e. The molecule has 0 radical (unpaired) electrons. The van der Waals surface area contributed by atoms with Gasteiger partial charge in [-0.2, -0.15) is 0 Å². The minimum atomic E-state index is -0.740. The number of carbonyl (C=O) groups is 3. The SMILES string of the molecule is COC(=O)N[C@H](C(=O)N1CC2(C[C@H]1C(=O)OC)SCCS2)C(C)C. The van der Waals surface area contributed by atoms with Crippen molar-refractivity contribution in [3.63, 3.8) is 0 Å². The van der Waals surface area contributed by atoms with Gasteiger partial charge in [0.05, 0.1) is 18.3 Å². The largest absolute Gasteiger partial charge is 0.467 e. The summed E-state index contributed by atoms with van der Waals surface area (Å²) in [7, 11) is 2.59. The zero-order valence-corrected chi connectivity index (χ0v) is 16.0. The van der Waals surface area contributed by atoms with Crippen LogP contribution in [0.4, 0.5) is 4.79 Å². The number of hydrogen-bond donors (Lipinski definition) is 1. The third-order valence-electron chi connectivity index (χ3n) is 4.25. The molecule has 136 valence electrons. The Morgan fingerprint density at radius 1 is 1.17 bits per heavy atom. The molecule has 24 heavy (non-hydrogen) atoms. The molecule has 0 aromatic rings. The molecule has 0 aliphatic carbocycles. The van der Waals surface area contributed by atoms with E-state index in [9.17, 15) is 14.4 Å². The summed E-state index contributed by atoms with van der Waals surface area (Å²) in [5.41, 5.74) is 0. The van der Waals surface area contributed by atoms with Gasteiger partial charge in [0.15, 0.2) is 0 Å². The molecule has 2 fully saturated rings. The molecule has 2 heterocycles. The number of alkyl carbamates (subject to hydrolysis) is 1. The highest BCUT2D eigenvalue weighted by molar-refractivity contribution is 8.21. The Labute approximate surface area is 150 Å². The highest BCUT2D eigenvalue weighted by Crippen LogP contribution is 2.52. The fraction of sp³-hybridized carbons (Fsp3) is 0.800. The van der Waals surface area contributed by atoms with Gasteiger partial charge in [0.2, 0.25) is 5.91 Å². The third-order valence-corrected chi connectivity index (χ3v) is 7.68. The van der Waals surface area contributed by atoms with E-state index in [0.29, 0.717) is 13.0 Å². The first kappa shape index (κ1) is 19.2. The standard InChI is InChI=1S/C15H24N2O5S2/c1-9(2)11(16-14(20)22-4)12(18)17-8-15(23-5-6-24-15)7-10(17)13(19)21-3/h9-11H,5-8H2,1-4H3,(H,16,20)/t10-,11-/m0/s1. The molecule has 2 saturated heterocycles. The number of likely N-dealkylation sites (tertiary alicyclic amines) is 1. The first-order chi connectivity index (χ1) is 11.3. The number of hydrogen-bond acceptors (Lipinski definition) is 7. The molecule has 0 aromatic heterocycles. The average Bonchev–Trinajstić information content (AvgIpc) is 3.18. The van der Waals surface area contributed by atoms with E-state index >= 15 is 0 Å². The topological polar surface area (TPSA) is 84.9 Å². The molecular weight excluding hydrogens is 352 g/mol. The van der Waals surface area contributed by atoms with E-state index in [1.54, 1.807) is 28.4 Å². The number of amides is 2. The summed E-state index contributed by atoms with van der Waals surface area (Å²) in [5, 5.41) is 2.58. The van der Waals surface area contributed by atoms with E-state index in [4.69, 9.17) is 4.74 Å². The number of rotatable bonds is 4. The molecule has 1 N–H and O–H groups in total. The zero-order chi connectivity index (χ0) is 17.9. The lowest BCUT2D eigenvalue weighted by atomic mass is 10.0. The van der Waals surface area contributed by atoms with Gasteiger partial charge in [-0.25, -0.2) is 9.59 Å². The molecule has 9 heteroatoms. The molecule has 0 unspecified atom stereocenters. The number of thioether (sulfide) groups is 2. The smallest absolute Gasteiger partial charge is 0.407 e. The number of methoxy groups -OCH3 is 2. The van der Waals surface area contributed by atoms with E-state index in [1.807, 2.05) is 13.8 Å². The van der Waals surface area contributed by atoms with Gasteiger partial charge in [0.1, 0.15) is 12.1 Å². The van der Waals surface area contributed by atoms with Crippen molar-refractivity contribution in [2.45, 2.75) is 36.4 Å². The van der Waals surface area contributed by atoms with Gasteiger partial charge in [-0.05, 0) is 5.92 Å². The van der Waals surface area contributed by atoms with Crippen molar-refractivity contribution in [2.75, 3.05) is 32.3 Å². The van der Waals surface area contributed by atoms with Crippen LogP contribution in [0.1, 0.15) is 20.3 Å². The van der Waals surface area contributed by atoms with Crippen molar-refractivity contribution in [1.29, 1.82) is 0 Å². The van der Waals surface area contributed by atoms with Crippen LogP contribution in [0.3, 0.4) is 0 Å². The lowest BCUT2D eigenvalue weighted by Gasteiger charge is -2.29. The van der Waals surface area contributed by atoms with Gasteiger partial charge in [0, 0.05) is 24.5 Å². The molecule has 1 spiro atoms. The second kappa shape index (κ2) is 7.86. The number of esters is 1. The predicted molar refractivity (Wildman–Crippen MR) is 93.9 cm³/mol. The van der Waals surface area contributed by atoms with Crippen molar-refractivity contribution in [3.8, 4) is 0 Å². The number of nitrogens with one attached hydrogen (secondary N) is 1. The lowest BCUT2D eigenvalue weighted by Crippen LogP contribution is -2.54. The van der Waals surface area contributed by atoms with Crippen molar-refractivity contribution in [3.05, 3.63) is 0 Å². The van der Waals surface area contributed by atoms with Crippen LogP contribution in [0.2, 0.25) is 0 Å². The summed E-state index contributed by atoms with van der Waals surface area (Å²) >= 11 is 3.59. The Morgan fingerprint density at radius 3 is 2.29 bits per heavy atom. The Morgan fingerprint density at radius 2 is 1.79 bits per heavy atom. The molecule has 0 saturated carbocycles. The van der Waals surface area contributed by atoms with Gasteiger partial charge in [-0.3, -0.25) is 4.79 Å². The molecule has 0 bridgehead atoms. The van der Waals surface area contributed by atoms with E-state index in [2.05, 4.69) is 10.1 Å². The normalized spacial score (nSPS) is 23.4. The molecule has 2 aliphatic heterocycles. The summed E-state index contributed by atoms with van der Waals surface area (Å²) < 4.78 is 9.36. The Balaban J connectivity index is 2.22. The molecule has 2 amide bonds. The number of ether oxygens (including phenoxy) is 2. The maximum atomic E-state index is 13.0. The maximum absolute atomic E-state index is 13.0. The summed E-state index contributed by atoms with van der Waals surface area (Å²) in [6.07, 6.45) is -0.0840. The minimum absolute atomic E-state index is 0.129. The van der Waals surface area contributed by atoms with Crippen LogP contribution >= 0.6 is 23.5 Å². The molecule has 2 aliphatic rings. The number of carbonyl (C=O) groups excluding carboxylic acids is 3. The van der Waals surface area contributed by atoms with Gasteiger partial charge < -0.3 is 19.7 Å². The first-order valence-electron chi connectivity index (χ1n) is 7.84. The van der Waals surface area contributed by atoms with Crippen molar-refractivity contribution < 1.29 is 23.9 Å². The predicted octanol–water partition coefficient (Wildman–Crippen LogP) is 1.32. The summed E-state index contributed by atoms with van der Waals surface area (Å²) in [6, 6.07) is -1.35. The van der Waals surface area contributed by atoms with Crippen LogP contribution in [0.15, 0.2) is 0 Å². The first-order valence-corrected chi connectivity index (χ1v) is 9.81. The van der Waals surface area contributed by atoms with Crippen molar-refractivity contribution in [1.82, 2.24) is 10.2 Å².